The van der Waals surface area contributed by atoms with Crippen molar-refractivity contribution in [1.29, 1.82) is 0 Å². The lowest BCUT2D eigenvalue weighted by atomic mass is 10.2. The number of aromatic nitrogens is 3. The van der Waals surface area contributed by atoms with E-state index in [1.54, 1.807) is 30.5 Å². The lowest BCUT2D eigenvalue weighted by molar-refractivity contribution is 0.0524. The van der Waals surface area contributed by atoms with E-state index in [-0.39, 0.29) is 41.2 Å². The molecule has 3 aromatic rings. The van der Waals surface area contributed by atoms with Crippen molar-refractivity contribution in [2.24, 2.45) is 5.73 Å². The monoisotopic (exact) mass is 433 g/mol. The number of methoxy groups -OCH3 is 1. The molecule has 4 heterocycles. The molecule has 4 rings (SSSR count). The van der Waals surface area contributed by atoms with Crippen LogP contribution in [0.25, 0.3) is 16.2 Å². The minimum absolute atomic E-state index is 0.0382. The standard InChI is InChI=1S/C19H20FN5O4S/c1-3-29-18(27)11-7-25(19-22-4-5-30-19)16-10(15(11)26)6-12(20)17(23-16)24-8-13(21)14(9-24)28-2/h4-7,13-14H,3,8-9,21H2,1-2H3/t13-,14+/m0/s1. The summed E-state index contributed by atoms with van der Waals surface area (Å²) in [5, 5.41) is 2.18. The number of thiazole rings is 1. The number of hydrogen-bond acceptors (Lipinski definition) is 9. The molecular weight excluding hydrogens is 413 g/mol. The molecule has 1 saturated heterocycles. The maximum absolute atomic E-state index is 15.0. The van der Waals surface area contributed by atoms with Gasteiger partial charge >= 0.3 is 5.97 Å². The van der Waals surface area contributed by atoms with Gasteiger partial charge < -0.3 is 20.1 Å². The van der Waals surface area contributed by atoms with Crippen LogP contribution in [0.2, 0.25) is 0 Å². The van der Waals surface area contributed by atoms with Gasteiger partial charge in [0.05, 0.1) is 24.1 Å². The molecule has 2 atom stereocenters. The van der Waals surface area contributed by atoms with Gasteiger partial charge in [0.2, 0.25) is 5.43 Å². The van der Waals surface area contributed by atoms with Crippen LogP contribution >= 0.6 is 11.3 Å². The van der Waals surface area contributed by atoms with E-state index in [4.69, 9.17) is 15.2 Å². The minimum Gasteiger partial charge on any atom is -0.462 e. The third kappa shape index (κ3) is 3.44. The van der Waals surface area contributed by atoms with Crippen molar-refractivity contribution >= 4 is 34.2 Å². The third-order valence-electron chi connectivity index (χ3n) is 4.95. The number of fused-ring (bicyclic) bond motifs is 1. The molecule has 9 nitrogen and oxygen atoms in total. The van der Waals surface area contributed by atoms with Crippen molar-refractivity contribution in [3.05, 3.63) is 45.4 Å². The second-order valence-electron chi connectivity index (χ2n) is 6.79. The van der Waals surface area contributed by atoms with Crippen LogP contribution in [0.1, 0.15) is 17.3 Å². The molecule has 11 heteroatoms. The third-order valence-corrected chi connectivity index (χ3v) is 5.72. The lowest BCUT2D eigenvalue weighted by Crippen LogP contribution is -2.34. The molecule has 1 aliphatic heterocycles. The number of halogens is 1. The number of ether oxygens (including phenoxy) is 2. The number of carbonyl (C=O) groups is 1. The van der Waals surface area contributed by atoms with Crippen LogP contribution in [-0.2, 0) is 9.47 Å². The smallest absolute Gasteiger partial charge is 0.343 e. The molecule has 3 aromatic heterocycles. The summed E-state index contributed by atoms with van der Waals surface area (Å²) in [6, 6.07) is 0.803. The Hall–Kier alpha value is -2.89. The van der Waals surface area contributed by atoms with E-state index in [2.05, 4.69) is 9.97 Å². The first-order valence-corrected chi connectivity index (χ1v) is 10.2. The molecule has 1 fully saturated rings. The van der Waals surface area contributed by atoms with Gasteiger partial charge in [-0.15, -0.1) is 11.3 Å². The van der Waals surface area contributed by atoms with Crippen molar-refractivity contribution < 1.29 is 18.7 Å². The molecule has 30 heavy (non-hydrogen) atoms. The summed E-state index contributed by atoms with van der Waals surface area (Å²) in [5.41, 5.74) is 5.39. The Labute approximate surface area is 174 Å². The van der Waals surface area contributed by atoms with Crippen molar-refractivity contribution in [3.8, 4) is 5.13 Å². The number of anilines is 1. The summed E-state index contributed by atoms with van der Waals surface area (Å²) in [6.45, 7) is 2.47. The summed E-state index contributed by atoms with van der Waals surface area (Å²) in [5.74, 6) is -1.41. The highest BCUT2D eigenvalue weighted by atomic mass is 32.1. The van der Waals surface area contributed by atoms with Crippen molar-refractivity contribution in [1.82, 2.24) is 14.5 Å². The summed E-state index contributed by atoms with van der Waals surface area (Å²) < 4.78 is 26.8. The Bertz CT molecular complexity index is 1150. The fourth-order valence-corrected chi connectivity index (χ4v) is 4.11. The molecular formula is C19H20FN5O4S. The molecule has 0 aromatic carbocycles. The Kier molecular flexibility index (Phi) is 5.50. The second-order valence-corrected chi connectivity index (χ2v) is 7.66. The van der Waals surface area contributed by atoms with Crippen molar-refractivity contribution in [2.75, 3.05) is 31.7 Å². The first-order valence-electron chi connectivity index (χ1n) is 9.30. The average Bonchev–Trinajstić information content (AvgIpc) is 3.38. The maximum atomic E-state index is 15.0. The molecule has 0 unspecified atom stereocenters. The summed E-state index contributed by atoms with van der Waals surface area (Å²) in [6.07, 6.45) is 2.67. The van der Waals surface area contributed by atoms with Crippen LogP contribution in [0.3, 0.4) is 0 Å². The highest BCUT2D eigenvalue weighted by Gasteiger charge is 2.33. The Morgan fingerprint density at radius 3 is 2.87 bits per heavy atom. The molecule has 0 radical (unpaired) electrons. The quantitative estimate of drug-likeness (QED) is 0.600. The van der Waals surface area contributed by atoms with E-state index in [1.165, 1.54) is 22.1 Å². The zero-order valence-corrected chi connectivity index (χ0v) is 17.2. The van der Waals surface area contributed by atoms with E-state index in [1.807, 2.05) is 0 Å². The zero-order chi connectivity index (χ0) is 21.4. The van der Waals surface area contributed by atoms with Crippen LogP contribution in [0.15, 0.2) is 28.6 Å². The normalized spacial score (nSPS) is 18.9. The number of esters is 1. The van der Waals surface area contributed by atoms with Crippen molar-refractivity contribution in [2.45, 2.75) is 19.1 Å². The molecule has 0 saturated carbocycles. The van der Waals surface area contributed by atoms with E-state index >= 15 is 4.39 Å². The van der Waals surface area contributed by atoms with E-state index < -0.39 is 17.2 Å². The first-order chi connectivity index (χ1) is 14.4. The largest absolute Gasteiger partial charge is 0.462 e. The SMILES string of the molecule is CCOC(=O)c1cn(-c2nccs2)c2nc(N3C[C@H](N)[C@H](OC)C3)c(F)cc2c1=O. The molecule has 1 aliphatic rings. The summed E-state index contributed by atoms with van der Waals surface area (Å²) in [7, 11) is 1.55. The van der Waals surface area contributed by atoms with Crippen molar-refractivity contribution in [3.63, 3.8) is 0 Å². The summed E-state index contributed by atoms with van der Waals surface area (Å²) >= 11 is 1.29. The Morgan fingerprint density at radius 2 is 2.23 bits per heavy atom. The van der Waals surface area contributed by atoms with Gasteiger partial charge in [-0.25, -0.2) is 19.2 Å². The van der Waals surface area contributed by atoms with Gasteiger partial charge in [0, 0.05) is 38.0 Å². The van der Waals surface area contributed by atoms with Crippen LogP contribution < -0.4 is 16.1 Å². The topological polar surface area (TPSA) is 113 Å². The average molecular weight is 433 g/mol. The minimum atomic E-state index is -0.785. The number of hydrogen-bond donors (Lipinski definition) is 1. The van der Waals surface area contributed by atoms with Crippen LogP contribution in [0.4, 0.5) is 10.2 Å². The number of nitrogens with zero attached hydrogens (tertiary/aromatic N) is 4. The molecule has 0 spiro atoms. The first kappa shape index (κ1) is 20.4. The van der Waals surface area contributed by atoms with Crippen LogP contribution in [-0.4, -0.2) is 59.5 Å². The van der Waals surface area contributed by atoms with Gasteiger partial charge in [0.15, 0.2) is 22.4 Å². The molecule has 158 valence electrons. The number of nitrogens with two attached hydrogens (primary N) is 1. The molecule has 0 amide bonds. The fraction of sp³-hybridized carbons (Fsp3) is 0.368. The number of rotatable bonds is 5. The predicted molar refractivity (Wildman–Crippen MR) is 110 cm³/mol. The van der Waals surface area contributed by atoms with Gasteiger partial charge in [-0.1, -0.05) is 0 Å². The highest BCUT2D eigenvalue weighted by molar-refractivity contribution is 7.12. The number of pyridine rings is 2. The number of carbonyl (C=O) groups excluding carboxylic acids is 1. The summed E-state index contributed by atoms with van der Waals surface area (Å²) in [4.78, 5) is 35.6. The van der Waals surface area contributed by atoms with Gasteiger partial charge in [0.1, 0.15) is 5.56 Å². The highest BCUT2D eigenvalue weighted by Crippen LogP contribution is 2.27. The van der Waals surface area contributed by atoms with E-state index in [0.29, 0.717) is 18.2 Å². The lowest BCUT2D eigenvalue weighted by Gasteiger charge is -2.19. The Morgan fingerprint density at radius 1 is 1.43 bits per heavy atom. The molecule has 0 aliphatic carbocycles. The van der Waals surface area contributed by atoms with Gasteiger partial charge in [-0.3, -0.25) is 9.36 Å². The maximum Gasteiger partial charge on any atom is 0.343 e. The van der Waals surface area contributed by atoms with Gasteiger partial charge in [-0.05, 0) is 13.0 Å². The fourth-order valence-electron chi connectivity index (χ4n) is 3.49. The Balaban J connectivity index is 1.93. The molecule has 2 N–H and O–H groups in total. The second kappa shape index (κ2) is 8.09. The van der Waals surface area contributed by atoms with Crippen LogP contribution in [0.5, 0.6) is 0 Å². The molecule has 0 bridgehead atoms. The van der Waals surface area contributed by atoms with E-state index in [0.717, 1.165) is 6.07 Å². The van der Waals surface area contributed by atoms with Gasteiger partial charge in [-0.2, -0.15) is 0 Å². The van der Waals surface area contributed by atoms with E-state index in [9.17, 15) is 9.59 Å². The zero-order valence-electron chi connectivity index (χ0n) is 16.4. The van der Waals surface area contributed by atoms with Gasteiger partial charge in [0.25, 0.3) is 0 Å². The predicted octanol–water partition coefficient (Wildman–Crippen LogP) is 1.32. The van der Waals surface area contributed by atoms with Crippen LogP contribution in [0, 0.1) is 5.82 Å².